The molecule has 0 spiro atoms. The highest BCUT2D eigenvalue weighted by atomic mass is 16.5. The summed E-state index contributed by atoms with van der Waals surface area (Å²) < 4.78 is 9.77. The summed E-state index contributed by atoms with van der Waals surface area (Å²) in [6.07, 6.45) is 8.53. The van der Waals surface area contributed by atoms with Gasteiger partial charge in [-0.2, -0.15) is 10.2 Å². The number of fused-ring (bicyclic) bond motifs is 2. The molecule has 2 aliphatic carbocycles. The molecule has 0 amide bonds. The zero-order valence-corrected chi connectivity index (χ0v) is 16.6. The van der Waals surface area contributed by atoms with E-state index in [0.717, 1.165) is 61.6 Å². The number of aromatic nitrogens is 6. The monoisotopic (exact) mass is 378 g/mol. The molecule has 2 fully saturated rings. The van der Waals surface area contributed by atoms with Crippen LogP contribution in [0.1, 0.15) is 77.6 Å². The average Bonchev–Trinajstić information content (AvgIpc) is 3.15. The molecule has 7 nitrogen and oxygen atoms in total. The molecule has 0 aromatic carbocycles. The highest BCUT2D eigenvalue weighted by molar-refractivity contribution is 5.60. The lowest BCUT2D eigenvalue weighted by molar-refractivity contribution is 0.193. The van der Waals surface area contributed by atoms with Gasteiger partial charge >= 0.3 is 0 Å². The summed E-state index contributed by atoms with van der Waals surface area (Å²) in [5, 5.41) is 9.40. The lowest BCUT2D eigenvalue weighted by Crippen LogP contribution is -2.17. The van der Waals surface area contributed by atoms with Gasteiger partial charge < -0.3 is 4.74 Å². The van der Waals surface area contributed by atoms with E-state index in [0.29, 0.717) is 17.8 Å². The summed E-state index contributed by atoms with van der Waals surface area (Å²) in [5.74, 6) is 2.38. The Morgan fingerprint density at radius 3 is 2.71 bits per heavy atom. The number of hydrogen-bond donors (Lipinski definition) is 0. The Morgan fingerprint density at radius 2 is 1.93 bits per heavy atom. The predicted octanol–water partition coefficient (Wildman–Crippen LogP) is 2.82. The molecule has 3 aromatic heterocycles. The quantitative estimate of drug-likeness (QED) is 0.701. The van der Waals surface area contributed by atoms with Gasteiger partial charge in [-0.15, -0.1) is 0 Å². The number of imidazole rings is 1. The van der Waals surface area contributed by atoms with Crippen molar-refractivity contribution in [1.29, 1.82) is 0 Å². The molecule has 6 rings (SSSR count). The van der Waals surface area contributed by atoms with Crippen LogP contribution in [-0.2, 0) is 24.6 Å². The van der Waals surface area contributed by atoms with Gasteiger partial charge in [0.1, 0.15) is 17.7 Å². The minimum absolute atomic E-state index is 0.355. The minimum Gasteiger partial charge on any atom is -0.381 e. The van der Waals surface area contributed by atoms with Crippen molar-refractivity contribution in [2.24, 2.45) is 7.05 Å². The molecule has 28 heavy (non-hydrogen) atoms. The molecule has 2 atom stereocenters. The van der Waals surface area contributed by atoms with Crippen LogP contribution >= 0.6 is 0 Å². The van der Waals surface area contributed by atoms with E-state index < -0.39 is 0 Å². The first-order chi connectivity index (χ1) is 13.7. The first kappa shape index (κ1) is 16.7. The second-order valence-electron chi connectivity index (χ2n) is 8.66. The predicted molar refractivity (Wildman–Crippen MR) is 104 cm³/mol. The first-order valence-electron chi connectivity index (χ1n) is 10.5. The van der Waals surface area contributed by atoms with Crippen LogP contribution in [0.2, 0.25) is 0 Å². The van der Waals surface area contributed by atoms with E-state index in [4.69, 9.17) is 19.8 Å². The highest BCUT2D eigenvalue weighted by Crippen LogP contribution is 2.45. The van der Waals surface area contributed by atoms with Crippen molar-refractivity contribution in [3.63, 3.8) is 0 Å². The van der Waals surface area contributed by atoms with Gasteiger partial charge in [0.25, 0.3) is 0 Å². The second kappa shape index (κ2) is 6.11. The maximum absolute atomic E-state index is 5.65. The van der Waals surface area contributed by atoms with Crippen LogP contribution in [0.25, 0.3) is 5.52 Å². The molecule has 1 saturated carbocycles. The molecule has 1 saturated heterocycles. The number of ether oxygens (including phenoxy) is 1. The fraction of sp³-hybridized carbons (Fsp3) is 0.619. The van der Waals surface area contributed by atoms with Gasteiger partial charge in [-0.05, 0) is 51.0 Å². The second-order valence-corrected chi connectivity index (χ2v) is 8.66. The van der Waals surface area contributed by atoms with Crippen LogP contribution in [0.4, 0.5) is 0 Å². The van der Waals surface area contributed by atoms with Crippen LogP contribution in [0, 0.1) is 6.92 Å². The van der Waals surface area contributed by atoms with E-state index in [-0.39, 0.29) is 0 Å². The van der Waals surface area contributed by atoms with Crippen molar-refractivity contribution in [3.8, 4) is 0 Å². The number of aryl methyl sites for hydroxylation is 2. The molecule has 0 bridgehead atoms. The van der Waals surface area contributed by atoms with Gasteiger partial charge in [0.2, 0.25) is 0 Å². The number of hydrogen-bond acceptors (Lipinski definition) is 5. The van der Waals surface area contributed by atoms with E-state index in [2.05, 4.69) is 16.8 Å². The summed E-state index contributed by atoms with van der Waals surface area (Å²) in [6.45, 7) is 3.61. The van der Waals surface area contributed by atoms with Crippen molar-refractivity contribution in [3.05, 3.63) is 40.5 Å². The van der Waals surface area contributed by atoms with Gasteiger partial charge in [-0.1, -0.05) is 0 Å². The van der Waals surface area contributed by atoms with E-state index in [1.165, 1.54) is 29.8 Å². The molecule has 0 radical (unpaired) electrons. The van der Waals surface area contributed by atoms with E-state index in [9.17, 15) is 0 Å². The van der Waals surface area contributed by atoms with Crippen molar-refractivity contribution in [1.82, 2.24) is 29.4 Å². The van der Waals surface area contributed by atoms with Crippen molar-refractivity contribution in [2.75, 3.05) is 13.2 Å². The van der Waals surface area contributed by atoms with Gasteiger partial charge in [-0.3, -0.25) is 4.68 Å². The van der Waals surface area contributed by atoms with Gasteiger partial charge in [-0.25, -0.2) is 14.5 Å². The zero-order valence-electron chi connectivity index (χ0n) is 16.6. The molecule has 7 heteroatoms. The summed E-state index contributed by atoms with van der Waals surface area (Å²) in [4.78, 5) is 9.70. The fourth-order valence-corrected chi connectivity index (χ4v) is 5.20. The maximum Gasteiger partial charge on any atom is 0.136 e. The lowest BCUT2D eigenvalue weighted by Gasteiger charge is -2.23. The van der Waals surface area contributed by atoms with E-state index in [1.54, 1.807) is 6.33 Å². The van der Waals surface area contributed by atoms with Crippen LogP contribution in [0.3, 0.4) is 0 Å². The number of rotatable bonds is 3. The standard InChI is InChI=1S/C21H26N6O/c1-12-24-20(15-7-8-28-10-15)21-19(22-11-23-27(12)21)14-5-6-17-16(9-14)18(13-3-4-13)25-26(17)2/h11,13-15H,3-10H2,1-2H3/t14?,15-/m1/s1. The molecular weight excluding hydrogens is 352 g/mol. The van der Waals surface area contributed by atoms with E-state index >= 15 is 0 Å². The lowest BCUT2D eigenvalue weighted by atomic mass is 9.83. The molecule has 0 N–H and O–H groups in total. The van der Waals surface area contributed by atoms with Crippen molar-refractivity contribution in [2.45, 2.75) is 63.2 Å². The third-order valence-corrected chi connectivity index (χ3v) is 6.80. The Morgan fingerprint density at radius 1 is 1.04 bits per heavy atom. The fourth-order valence-electron chi connectivity index (χ4n) is 5.20. The third-order valence-electron chi connectivity index (χ3n) is 6.80. The molecule has 4 heterocycles. The largest absolute Gasteiger partial charge is 0.381 e. The van der Waals surface area contributed by atoms with Crippen LogP contribution in [-0.4, -0.2) is 42.6 Å². The molecule has 3 aliphatic rings. The van der Waals surface area contributed by atoms with Gasteiger partial charge in [0.15, 0.2) is 0 Å². The van der Waals surface area contributed by atoms with Crippen LogP contribution < -0.4 is 0 Å². The Hall–Kier alpha value is -2.28. The van der Waals surface area contributed by atoms with Crippen LogP contribution in [0.15, 0.2) is 6.33 Å². The Labute approximate surface area is 164 Å². The third kappa shape index (κ3) is 2.45. The van der Waals surface area contributed by atoms with Gasteiger partial charge in [0, 0.05) is 37.1 Å². The average molecular weight is 378 g/mol. The Bertz CT molecular complexity index is 1060. The molecule has 1 aliphatic heterocycles. The van der Waals surface area contributed by atoms with Crippen molar-refractivity contribution < 1.29 is 4.74 Å². The maximum atomic E-state index is 5.65. The Kier molecular flexibility index (Phi) is 3.63. The van der Waals surface area contributed by atoms with Crippen molar-refractivity contribution >= 4 is 5.52 Å². The highest BCUT2D eigenvalue weighted by Gasteiger charge is 2.36. The summed E-state index contributed by atoms with van der Waals surface area (Å²) in [7, 11) is 2.10. The van der Waals surface area contributed by atoms with Crippen LogP contribution in [0.5, 0.6) is 0 Å². The first-order valence-corrected chi connectivity index (χ1v) is 10.5. The molecule has 146 valence electrons. The SMILES string of the molecule is Cc1nc([C@@H]2CCOC2)c2c(C3CCc4c(c(C5CC5)nn4C)C3)ncnn12. The minimum atomic E-state index is 0.355. The summed E-state index contributed by atoms with van der Waals surface area (Å²) in [5.41, 5.74) is 7.68. The molecule has 3 aromatic rings. The molecule has 1 unspecified atom stereocenters. The molecular formula is C21H26N6O. The smallest absolute Gasteiger partial charge is 0.136 e. The topological polar surface area (TPSA) is 70.1 Å². The summed E-state index contributed by atoms with van der Waals surface area (Å²) >= 11 is 0. The Balaban J connectivity index is 1.45. The zero-order chi connectivity index (χ0) is 18.8. The number of nitrogens with zero attached hydrogens (tertiary/aromatic N) is 6. The van der Waals surface area contributed by atoms with E-state index in [1.807, 2.05) is 11.4 Å². The summed E-state index contributed by atoms with van der Waals surface area (Å²) in [6, 6.07) is 0. The normalized spacial score (nSPS) is 24.8. The van der Waals surface area contributed by atoms with Gasteiger partial charge in [0.05, 0.1) is 23.7 Å².